The topological polar surface area (TPSA) is 70.2 Å². The maximum Gasteiger partial charge on any atom is 0.251 e. The first-order valence-electron chi connectivity index (χ1n) is 8.86. The molecule has 0 radical (unpaired) electrons. The Bertz CT molecular complexity index is 599. The van der Waals surface area contributed by atoms with Crippen molar-refractivity contribution in [2.75, 3.05) is 19.6 Å². The molecule has 0 saturated carbocycles. The zero-order valence-corrected chi connectivity index (χ0v) is 17.2. The minimum absolute atomic E-state index is 0. The van der Waals surface area contributed by atoms with E-state index in [0.717, 1.165) is 25.9 Å². The van der Waals surface area contributed by atoms with E-state index in [1.54, 1.807) is 24.3 Å². The Hall–Kier alpha value is -1.30. The number of amides is 2. The summed E-state index contributed by atoms with van der Waals surface area (Å²) in [5.74, 6) is -0.396. The number of piperidine rings is 1. The maximum absolute atomic E-state index is 12.6. The number of hydrogen-bond donors (Lipinski definition) is 3. The molecule has 1 aliphatic heterocycles. The summed E-state index contributed by atoms with van der Waals surface area (Å²) in [5, 5.41) is 9.80. The molecule has 26 heavy (non-hydrogen) atoms. The SMILES string of the molecule is CC(C)C(NC(=O)c1ccc(Cl)cc1)C(=O)NCC1(C)CCNCC1.Cl. The molecule has 3 N–H and O–H groups in total. The van der Waals surface area contributed by atoms with Gasteiger partial charge in [-0.2, -0.15) is 0 Å². The molecule has 0 spiro atoms. The van der Waals surface area contributed by atoms with Crippen LogP contribution in [0.4, 0.5) is 0 Å². The summed E-state index contributed by atoms with van der Waals surface area (Å²) >= 11 is 5.85. The quantitative estimate of drug-likeness (QED) is 0.685. The molecule has 1 aliphatic rings. The highest BCUT2D eigenvalue weighted by atomic mass is 35.5. The molecule has 1 aromatic carbocycles. The fourth-order valence-corrected chi connectivity index (χ4v) is 3.10. The molecule has 146 valence electrons. The fraction of sp³-hybridized carbons (Fsp3) is 0.579. The van der Waals surface area contributed by atoms with Gasteiger partial charge in [0.25, 0.3) is 5.91 Å². The van der Waals surface area contributed by atoms with Crippen LogP contribution in [0.1, 0.15) is 44.0 Å². The molecule has 5 nitrogen and oxygen atoms in total. The van der Waals surface area contributed by atoms with E-state index in [0.29, 0.717) is 17.1 Å². The maximum atomic E-state index is 12.6. The number of benzene rings is 1. The monoisotopic (exact) mass is 401 g/mol. The molecule has 1 unspecified atom stereocenters. The van der Waals surface area contributed by atoms with Crippen molar-refractivity contribution in [3.8, 4) is 0 Å². The van der Waals surface area contributed by atoms with Crippen LogP contribution in [0.3, 0.4) is 0 Å². The lowest BCUT2D eigenvalue weighted by Gasteiger charge is -2.35. The van der Waals surface area contributed by atoms with Gasteiger partial charge in [0.15, 0.2) is 0 Å². The van der Waals surface area contributed by atoms with E-state index in [9.17, 15) is 9.59 Å². The summed E-state index contributed by atoms with van der Waals surface area (Å²) in [6.07, 6.45) is 2.08. The molecular formula is C19H29Cl2N3O2. The van der Waals surface area contributed by atoms with Gasteiger partial charge in [0.2, 0.25) is 5.91 Å². The standard InChI is InChI=1S/C19H28ClN3O2.ClH/c1-13(2)16(23-17(24)14-4-6-15(20)7-5-14)18(25)22-12-19(3)8-10-21-11-9-19;/h4-7,13,16,21H,8-12H2,1-3H3,(H,22,25)(H,23,24);1H. The summed E-state index contributed by atoms with van der Waals surface area (Å²) in [6.45, 7) is 8.65. The highest BCUT2D eigenvalue weighted by Gasteiger charge is 2.30. The first-order chi connectivity index (χ1) is 11.8. The van der Waals surface area contributed by atoms with Crippen molar-refractivity contribution >= 4 is 35.8 Å². The van der Waals surface area contributed by atoms with Crippen molar-refractivity contribution in [2.24, 2.45) is 11.3 Å². The van der Waals surface area contributed by atoms with Crippen molar-refractivity contribution in [3.05, 3.63) is 34.9 Å². The number of carbonyl (C=O) groups is 2. The highest BCUT2D eigenvalue weighted by molar-refractivity contribution is 6.30. The van der Waals surface area contributed by atoms with E-state index in [2.05, 4.69) is 22.9 Å². The number of hydrogen-bond acceptors (Lipinski definition) is 3. The molecule has 1 aromatic rings. The van der Waals surface area contributed by atoms with Crippen LogP contribution in [0.2, 0.25) is 5.02 Å². The lowest BCUT2D eigenvalue weighted by atomic mass is 9.81. The average molecular weight is 402 g/mol. The van der Waals surface area contributed by atoms with Crippen LogP contribution < -0.4 is 16.0 Å². The van der Waals surface area contributed by atoms with Gasteiger partial charge in [0, 0.05) is 17.1 Å². The lowest BCUT2D eigenvalue weighted by Crippen LogP contribution is -2.52. The fourth-order valence-electron chi connectivity index (χ4n) is 2.98. The first kappa shape index (κ1) is 22.7. The van der Waals surface area contributed by atoms with Gasteiger partial charge in [-0.05, 0) is 61.5 Å². The normalized spacial score (nSPS) is 17.1. The van der Waals surface area contributed by atoms with Gasteiger partial charge in [0.05, 0.1) is 0 Å². The van der Waals surface area contributed by atoms with Gasteiger partial charge in [-0.15, -0.1) is 12.4 Å². The summed E-state index contributed by atoms with van der Waals surface area (Å²) in [6, 6.07) is 6.08. The summed E-state index contributed by atoms with van der Waals surface area (Å²) in [7, 11) is 0. The van der Waals surface area contributed by atoms with Crippen molar-refractivity contribution < 1.29 is 9.59 Å². The van der Waals surface area contributed by atoms with E-state index >= 15 is 0 Å². The van der Waals surface area contributed by atoms with E-state index < -0.39 is 6.04 Å². The van der Waals surface area contributed by atoms with Crippen LogP contribution >= 0.6 is 24.0 Å². The van der Waals surface area contributed by atoms with E-state index in [-0.39, 0.29) is 35.6 Å². The Balaban J connectivity index is 0.00000338. The zero-order chi connectivity index (χ0) is 18.4. The molecule has 0 aliphatic carbocycles. The molecule has 7 heteroatoms. The predicted molar refractivity (Wildman–Crippen MR) is 108 cm³/mol. The van der Waals surface area contributed by atoms with Gasteiger partial charge < -0.3 is 16.0 Å². The van der Waals surface area contributed by atoms with Gasteiger partial charge in [-0.25, -0.2) is 0 Å². The summed E-state index contributed by atoms with van der Waals surface area (Å²) in [5.41, 5.74) is 0.607. The predicted octanol–water partition coefficient (Wildman–Crippen LogP) is 3.02. The summed E-state index contributed by atoms with van der Waals surface area (Å²) < 4.78 is 0. The molecule has 1 fully saturated rings. The minimum atomic E-state index is -0.562. The number of rotatable bonds is 6. The second-order valence-electron chi connectivity index (χ2n) is 7.48. The molecule has 1 saturated heterocycles. The Kier molecular flexibility index (Phi) is 8.87. The van der Waals surface area contributed by atoms with Crippen LogP contribution in [0, 0.1) is 11.3 Å². The third kappa shape index (κ3) is 6.45. The number of carbonyl (C=O) groups excluding carboxylic acids is 2. The van der Waals surface area contributed by atoms with Gasteiger partial charge >= 0.3 is 0 Å². The molecule has 2 rings (SSSR count). The smallest absolute Gasteiger partial charge is 0.251 e. The second kappa shape index (κ2) is 10.1. The van der Waals surface area contributed by atoms with Gasteiger partial charge in [-0.3, -0.25) is 9.59 Å². The van der Waals surface area contributed by atoms with Crippen LogP contribution in [0.25, 0.3) is 0 Å². The van der Waals surface area contributed by atoms with Crippen molar-refractivity contribution in [1.82, 2.24) is 16.0 Å². The number of halogens is 2. The Morgan fingerprint density at radius 1 is 1.19 bits per heavy atom. The van der Waals surface area contributed by atoms with Crippen LogP contribution in [-0.4, -0.2) is 37.5 Å². The zero-order valence-electron chi connectivity index (χ0n) is 15.6. The highest BCUT2D eigenvalue weighted by Crippen LogP contribution is 2.26. The molecule has 0 bridgehead atoms. The molecule has 0 aromatic heterocycles. The molecule has 2 amide bonds. The van der Waals surface area contributed by atoms with E-state index in [1.807, 2.05) is 13.8 Å². The molecule has 1 atom stereocenters. The molecule has 1 heterocycles. The minimum Gasteiger partial charge on any atom is -0.354 e. The van der Waals surface area contributed by atoms with Crippen LogP contribution in [0.5, 0.6) is 0 Å². The van der Waals surface area contributed by atoms with E-state index in [1.165, 1.54) is 0 Å². The van der Waals surface area contributed by atoms with Gasteiger partial charge in [0.1, 0.15) is 6.04 Å². The van der Waals surface area contributed by atoms with Crippen molar-refractivity contribution in [2.45, 2.75) is 39.7 Å². The van der Waals surface area contributed by atoms with Crippen LogP contribution in [-0.2, 0) is 4.79 Å². The Morgan fingerprint density at radius 2 is 1.77 bits per heavy atom. The summed E-state index contributed by atoms with van der Waals surface area (Å²) in [4.78, 5) is 25.0. The van der Waals surface area contributed by atoms with Gasteiger partial charge in [-0.1, -0.05) is 32.4 Å². The Labute approximate surface area is 167 Å². The average Bonchev–Trinajstić information content (AvgIpc) is 2.58. The third-order valence-corrected chi connectivity index (χ3v) is 5.09. The lowest BCUT2D eigenvalue weighted by molar-refractivity contribution is -0.124. The van der Waals surface area contributed by atoms with Crippen LogP contribution in [0.15, 0.2) is 24.3 Å². The van der Waals surface area contributed by atoms with E-state index in [4.69, 9.17) is 11.6 Å². The van der Waals surface area contributed by atoms with Crippen molar-refractivity contribution in [3.63, 3.8) is 0 Å². The Morgan fingerprint density at radius 3 is 2.31 bits per heavy atom. The third-order valence-electron chi connectivity index (χ3n) is 4.84. The number of nitrogens with one attached hydrogen (secondary N) is 3. The molecular weight excluding hydrogens is 373 g/mol. The first-order valence-corrected chi connectivity index (χ1v) is 9.23. The second-order valence-corrected chi connectivity index (χ2v) is 7.92. The van der Waals surface area contributed by atoms with Crippen molar-refractivity contribution in [1.29, 1.82) is 0 Å². The largest absolute Gasteiger partial charge is 0.354 e.